The van der Waals surface area contributed by atoms with E-state index in [2.05, 4.69) is 46.4 Å². The summed E-state index contributed by atoms with van der Waals surface area (Å²) in [6.45, 7) is 5.23. The summed E-state index contributed by atoms with van der Waals surface area (Å²) < 4.78 is 10.8. The Balaban J connectivity index is 1.27. The minimum Gasteiger partial charge on any atom is -0.454 e. The van der Waals surface area contributed by atoms with E-state index in [9.17, 15) is 0 Å². The van der Waals surface area contributed by atoms with Gasteiger partial charge in [0.25, 0.3) is 0 Å². The van der Waals surface area contributed by atoms with Gasteiger partial charge in [0.1, 0.15) is 0 Å². The number of nitrogens with one attached hydrogen (secondary N) is 1. The summed E-state index contributed by atoms with van der Waals surface area (Å²) >= 11 is 0. The molecule has 5 rings (SSSR count). The zero-order valence-electron chi connectivity index (χ0n) is 15.8. The molecule has 3 aromatic rings. The van der Waals surface area contributed by atoms with E-state index in [-0.39, 0.29) is 6.79 Å². The van der Waals surface area contributed by atoms with Crippen LogP contribution in [-0.4, -0.2) is 28.2 Å². The molecule has 2 aliphatic rings. The maximum absolute atomic E-state index is 5.43. The fraction of sp³-hybridized carbons (Fsp3) is 0.273. The second-order valence-corrected chi connectivity index (χ2v) is 7.30. The second-order valence-electron chi connectivity index (χ2n) is 7.30. The molecule has 1 aromatic heterocycles. The van der Waals surface area contributed by atoms with Crippen LogP contribution in [-0.2, 0) is 19.5 Å². The van der Waals surface area contributed by atoms with Crippen molar-refractivity contribution in [3.8, 4) is 11.5 Å². The van der Waals surface area contributed by atoms with Crippen LogP contribution in [0.1, 0.15) is 22.4 Å². The third-order valence-corrected chi connectivity index (χ3v) is 5.17. The van der Waals surface area contributed by atoms with Crippen LogP contribution in [0.5, 0.6) is 11.5 Å². The highest BCUT2D eigenvalue weighted by atomic mass is 16.7. The fourth-order valence-corrected chi connectivity index (χ4v) is 3.62. The Morgan fingerprint density at radius 3 is 2.82 bits per heavy atom. The van der Waals surface area contributed by atoms with E-state index in [0.29, 0.717) is 5.95 Å². The number of rotatable bonds is 4. The lowest BCUT2D eigenvalue weighted by Crippen LogP contribution is -2.31. The van der Waals surface area contributed by atoms with Gasteiger partial charge >= 0.3 is 0 Å². The van der Waals surface area contributed by atoms with Gasteiger partial charge in [0, 0.05) is 49.6 Å². The minimum absolute atomic E-state index is 0.271. The van der Waals surface area contributed by atoms with Gasteiger partial charge in [-0.3, -0.25) is 4.90 Å². The zero-order chi connectivity index (χ0) is 18.9. The van der Waals surface area contributed by atoms with Crippen LogP contribution in [0.2, 0.25) is 0 Å². The lowest BCUT2D eigenvalue weighted by atomic mass is 10.1. The highest BCUT2D eigenvalue weighted by molar-refractivity contribution is 5.60. The minimum atomic E-state index is 0.271. The summed E-state index contributed by atoms with van der Waals surface area (Å²) in [4.78, 5) is 11.7. The summed E-state index contributed by atoms with van der Waals surface area (Å²) in [6.07, 6.45) is 2.87. The molecule has 0 atom stereocenters. The summed E-state index contributed by atoms with van der Waals surface area (Å²) in [5.74, 6) is 2.13. The van der Waals surface area contributed by atoms with Crippen molar-refractivity contribution in [2.24, 2.45) is 0 Å². The Hall–Kier alpha value is -3.12. The van der Waals surface area contributed by atoms with Crippen LogP contribution in [0.25, 0.3) is 0 Å². The van der Waals surface area contributed by atoms with Gasteiger partial charge in [-0.25, -0.2) is 9.97 Å². The molecule has 0 saturated heterocycles. The van der Waals surface area contributed by atoms with Crippen molar-refractivity contribution in [2.45, 2.75) is 26.4 Å². The fourth-order valence-electron chi connectivity index (χ4n) is 3.62. The molecule has 0 bridgehead atoms. The van der Waals surface area contributed by atoms with Crippen molar-refractivity contribution in [3.63, 3.8) is 0 Å². The van der Waals surface area contributed by atoms with E-state index in [0.717, 1.165) is 48.9 Å². The van der Waals surface area contributed by atoms with Crippen LogP contribution in [0, 0.1) is 6.92 Å². The molecule has 6 heteroatoms. The molecule has 6 nitrogen and oxygen atoms in total. The number of hydrogen-bond donors (Lipinski definition) is 1. The predicted molar refractivity (Wildman–Crippen MR) is 107 cm³/mol. The topological polar surface area (TPSA) is 59.5 Å². The smallest absolute Gasteiger partial charge is 0.231 e. The van der Waals surface area contributed by atoms with E-state index in [1.54, 1.807) is 0 Å². The van der Waals surface area contributed by atoms with Crippen molar-refractivity contribution in [3.05, 3.63) is 71.0 Å². The first-order valence-corrected chi connectivity index (χ1v) is 9.52. The van der Waals surface area contributed by atoms with E-state index in [1.807, 2.05) is 24.4 Å². The number of hydrogen-bond acceptors (Lipinski definition) is 6. The van der Waals surface area contributed by atoms with Crippen LogP contribution in [0.4, 0.5) is 11.6 Å². The highest BCUT2D eigenvalue weighted by Gasteiger charge is 2.19. The number of ether oxygens (including phenoxy) is 2. The van der Waals surface area contributed by atoms with Gasteiger partial charge in [0.2, 0.25) is 12.7 Å². The van der Waals surface area contributed by atoms with Crippen LogP contribution >= 0.6 is 0 Å². The second kappa shape index (κ2) is 7.13. The lowest BCUT2D eigenvalue weighted by molar-refractivity contribution is 0.174. The van der Waals surface area contributed by atoms with Crippen molar-refractivity contribution in [1.82, 2.24) is 14.9 Å². The van der Waals surface area contributed by atoms with Gasteiger partial charge in [-0.2, -0.15) is 0 Å². The SMILES string of the molecule is Cc1ccc(CN2CCc3nc(Nc4ccc5c(c4)OCO5)ncc3C2)cc1. The largest absolute Gasteiger partial charge is 0.454 e. The van der Waals surface area contributed by atoms with Gasteiger partial charge in [0.05, 0.1) is 5.69 Å². The molecule has 2 aliphatic heterocycles. The molecule has 0 radical (unpaired) electrons. The van der Waals surface area contributed by atoms with Gasteiger partial charge in [-0.05, 0) is 24.6 Å². The summed E-state index contributed by atoms with van der Waals surface area (Å²) in [7, 11) is 0. The molecule has 28 heavy (non-hydrogen) atoms. The monoisotopic (exact) mass is 374 g/mol. The Morgan fingerprint density at radius 2 is 1.93 bits per heavy atom. The first kappa shape index (κ1) is 17.0. The van der Waals surface area contributed by atoms with Crippen molar-refractivity contribution < 1.29 is 9.47 Å². The summed E-state index contributed by atoms with van der Waals surface area (Å²) in [5, 5.41) is 3.27. The van der Waals surface area contributed by atoms with Crippen molar-refractivity contribution in [2.75, 3.05) is 18.7 Å². The number of fused-ring (bicyclic) bond motifs is 2. The molecular weight excluding hydrogens is 352 g/mol. The van der Waals surface area contributed by atoms with Gasteiger partial charge in [-0.1, -0.05) is 29.8 Å². The van der Waals surface area contributed by atoms with Gasteiger partial charge in [-0.15, -0.1) is 0 Å². The van der Waals surface area contributed by atoms with Crippen LogP contribution < -0.4 is 14.8 Å². The molecule has 0 saturated carbocycles. The summed E-state index contributed by atoms with van der Waals surface area (Å²) in [6, 6.07) is 14.5. The van der Waals surface area contributed by atoms with Gasteiger partial charge in [0.15, 0.2) is 11.5 Å². The zero-order valence-corrected chi connectivity index (χ0v) is 15.8. The first-order valence-electron chi connectivity index (χ1n) is 9.52. The Labute approximate surface area is 164 Å². The lowest BCUT2D eigenvalue weighted by Gasteiger charge is -2.28. The van der Waals surface area contributed by atoms with Gasteiger partial charge < -0.3 is 14.8 Å². The molecule has 0 aliphatic carbocycles. The average Bonchev–Trinajstić information content (AvgIpc) is 3.18. The number of aryl methyl sites for hydroxylation is 1. The standard InChI is InChI=1S/C22H22N4O2/c1-15-2-4-16(5-3-15)12-26-9-8-19-17(13-26)11-23-22(25-19)24-18-6-7-20-21(10-18)28-14-27-20/h2-7,10-11H,8-9,12-14H2,1H3,(H,23,24,25). The molecule has 0 fully saturated rings. The van der Waals surface area contributed by atoms with Crippen molar-refractivity contribution in [1.29, 1.82) is 0 Å². The predicted octanol–water partition coefficient (Wildman–Crippen LogP) is 3.82. The van der Waals surface area contributed by atoms with E-state index >= 15 is 0 Å². The molecule has 142 valence electrons. The Morgan fingerprint density at radius 1 is 1.07 bits per heavy atom. The maximum Gasteiger partial charge on any atom is 0.231 e. The number of aromatic nitrogens is 2. The van der Waals surface area contributed by atoms with E-state index in [1.165, 1.54) is 16.7 Å². The number of nitrogens with zero attached hydrogens (tertiary/aromatic N) is 3. The molecular formula is C22H22N4O2. The van der Waals surface area contributed by atoms with Crippen LogP contribution in [0.15, 0.2) is 48.7 Å². The van der Waals surface area contributed by atoms with Crippen LogP contribution in [0.3, 0.4) is 0 Å². The van der Waals surface area contributed by atoms with E-state index in [4.69, 9.17) is 14.5 Å². The average molecular weight is 374 g/mol. The molecule has 1 N–H and O–H groups in total. The Kier molecular flexibility index (Phi) is 4.33. The highest BCUT2D eigenvalue weighted by Crippen LogP contribution is 2.34. The number of anilines is 2. The molecule has 0 amide bonds. The van der Waals surface area contributed by atoms with E-state index < -0.39 is 0 Å². The number of benzene rings is 2. The third-order valence-electron chi connectivity index (χ3n) is 5.17. The molecule has 2 aromatic carbocycles. The first-order chi connectivity index (χ1) is 13.7. The summed E-state index contributed by atoms with van der Waals surface area (Å²) in [5.41, 5.74) is 5.86. The molecule has 0 spiro atoms. The molecule has 3 heterocycles. The maximum atomic E-state index is 5.43. The Bertz CT molecular complexity index is 1000. The third kappa shape index (κ3) is 3.51. The quantitative estimate of drug-likeness (QED) is 0.749. The normalized spacial score (nSPS) is 15.3. The van der Waals surface area contributed by atoms with Crippen molar-refractivity contribution >= 4 is 11.6 Å². The molecule has 0 unspecified atom stereocenters.